The maximum absolute atomic E-state index is 13.6. The zero-order chi connectivity index (χ0) is 15.9. The van der Waals surface area contributed by atoms with Gasteiger partial charge < -0.3 is 22.5 Å². The summed E-state index contributed by atoms with van der Waals surface area (Å²) in [6, 6.07) is 7.45. The lowest BCUT2D eigenvalue weighted by Crippen LogP contribution is -2.12. The molecule has 0 aliphatic carbocycles. The second-order valence-corrected chi connectivity index (χ2v) is 5.59. The maximum Gasteiger partial charge on any atom is 0.268 e. The Morgan fingerprint density at radius 1 is 1.23 bits per heavy atom. The van der Waals surface area contributed by atoms with Gasteiger partial charge in [-0.2, -0.15) is 0 Å². The molecule has 2 aromatic heterocycles. The molecule has 3 aromatic rings. The highest BCUT2D eigenvalue weighted by Crippen LogP contribution is 2.35. The minimum atomic E-state index is -0.526. The van der Waals surface area contributed by atoms with E-state index in [9.17, 15) is 9.18 Å². The van der Waals surface area contributed by atoms with Crippen LogP contribution < -0.4 is 22.5 Å². The van der Waals surface area contributed by atoms with Crippen LogP contribution in [0.5, 0.6) is 0 Å². The molecule has 22 heavy (non-hydrogen) atoms. The molecule has 1 amide bonds. The number of carbonyl (C=O) groups is 1. The molecule has 112 valence electrons. The van der Waals surface area contributed by atoms with Crippen molar-refractivity contribution in [2.75, 3.05) is 22.5 Å². The van der Waals surface area contributed by atoms with Crippen molar-refractivity contribution in [2.45, 2.75) is 0 Å². The summed E-state index contributed by atoms with van der Waals surface area (Å²) in [5, 5.41) is 3.03. The summed E-state index contributed by atoms with van der Waals surface area (Å²) in [4.78, 5) is 17.1. The number of nitrogens with two attached hydrogens (primary N) is 3. The number of thiophene rings is 1. The molecule has 0 atom stereocenters. The van der Waals surface area contributed by atoms with Crippen LogP contribution in [-0.2, 0) is 0 Å². The fraction of sp³-hybridized carbons (Fsp3) is 0. The van der Waals surface area contributed by atoms with Gasteiger partial charge in [-0.3, -0.25) is 4.79 Å². The smallest absolute Gasteiger partial charge is 0.268 e. The van der Waals surface area contributed by atoms with Crippen molar-refractivity contribution < 1.29 is 9.18 Å². The van der Waals surface area contributed by atoms with Gasteiger partial charge in [-0.15, -0.1) is 11.3 Å². The first kappa shape index (κ1) is 14.1. The number of pyridine rings is 1. The van der Waals surface area contributed by atoms with Crippen molar-refractivity contribution >= 4 is 50.3 Å². The Bertz CT molecular complexity index is 892. The summed E-state index contributed by atoms with van der Waals surface area (Å²) in [5.74, 6) is -0.861. The Labute approximate surface area is 128 Å². The van der Waals surface area contributed by atoms with E-state index in [1.165, 1.54) is 18.2 Å². The zero-order valence-electron chi connectivity index (χ0n) is 11.3. The van der Waals surface area contributed by atoms with Crippen LogP contribution in [0.3, 0.4) is 0 Å². The van der Waals surface area contributed by atoms with Gasteiger partial charge in [0, 0.05) is 5.39 Å². The summed E-state index contributed by atoms with van der Waals surface area (Å²) in [7, 11) is 0. The Kier molecular flexibility index (Phi) is 3.30. The molecule has 0 unspecified atom stereocenters. The molecule has 0 aliphatic heterocycles. The highest BCUT2D eigenvalue weighted by molar-refractivity contribution is 7.21. The first-order chi connectivity index (χ1) is 10.5. The number of hydrogen-bond acceptors (Lipinski definition) is 6. The molecule has 7 N–H and O–H groups in total. The molecule has 1 aromatic carbocycles. The lowest BCUT2D eigenvalue weighted by Gasteiger charge is -2.05. The summed E-state index contributed by atoms with van der Waals surface area (Å²) >= 11 is 1.07. The molecule has 0 bridgehead atoms. The van der Waals surface area contributed by atoms with E-state index < -0.39 is 11.7 Å². The van der Waals surface area contributed by atoms with Gasteiger partial charge in [0.2, 0.25) is 0 Å². The van der Waals surface area contributed by atoms with Crippen LogP contribution in [0.1, 0.15) is 9.67 Å². The monoisotopic (exact) mass is 317 g/mol. The van der Waals surface area contributed by atoms with Crippen LogP contribution in [0.25, 0.3) is 10.2 Å². The van der Waals surface area contributed by atoms with Crippen molar-refractivity contribution in [3.05, 3.63) is 41.0 Å². The fourth-order valence-corrected chi connectivity index (χ4v) is 2.96. The summed E-state index contributed by atoms with van der Waals surface area (Å²) in [5.41, 5.74) is 17.9. The largest absolute Gasteiger partial charge is 0.397 e. The van der Waals surface area contributed by atoms with E-state index in [2.05, 4.69) is 10.3 Å². The van der Waals surface area contributed by atoms with Gasteiger partial charge in [-0.05, 0) is 18.2 Å². The molecular weight excluding hydrogens is 305 g/mol. The van der Waals surface area contributed by atoms with E-state index in [4.69, 9.17) is 17.2 Å². The van der Waals surface area contributed by atoms with E-state index >= 15 is 0 Å². The van der Waals surface area contributed by atoms with Gasteiger partial charge in [0.1, 0.15) is 21.3 Å². The van der Waals surface area contributed by atoms with Crippen molar-refractivity contribution in [1.29, 1.82) is 0 Å². The average Bonchev–Trinajstić information content (AvgIpc) is 2.79. The highest BCUT2D eigenvalue weighted by Gasteiger charge is 2.19. The summed E-state index contributed by atoms with van der Waals surface area (Å²) in [6.45, 7) is 0. The number of hydrogen-bond donors (Lipinski definition) is 4. The lowest BCUT2D eigenvalue weighted by atomic mass is 10.2. The molecule has 6 nitrogen and oxygen atoms in total. The second kappa shape index (κ2) is 5.15. The molecule has 8 heteroatoms. The Morgan fingerprint density at radius 2 is 1.95 bits per heavy atom. The number of aromatic nitrogens is 1. The molecule has 2 heterocycles. The number of amides is 1. The van der Waals surface area contributed by atoms with Crippen molar-refractivity contribution in [3.8, 4) is 0 Å². The van der Waals surface area contributed by atoms with Gasteiger partial charge in [-0.25, -0.2) is 9.37 Å². The topological polar surface area (TPSA) is 120 Å². The molecule has 3 rings (SSSR count). The SMILES string of the molecule is Nc1cc2c(N)c(C(=O)Nc3ccccc3F)sc2nc1N. The van der Waals surface area contributed by atoms with Gasteiger partial charge >= 0.3 is 0 Å². The highest BCUT2D eigenvalue weighted by atomic mass is 32.1. The van der Waals surface area contributed by atoms with Gasteiger partial charge in [0.15, 0.2) is 0 Å². The lowest BCUT2D eigenvalue weighted by molar-refractivity contribution is 0.103. The molecule has 0 saturated carbocycles. The van der Waals surface area contributed by atoms with E-state index in [1.54, 1.807) is 12.1 Å². The quantitative estimate of drug-likeness (QED) is 0.578. The number of benzene rings is 1. The van der Waals surface area contributed by atoms with Gasteiger partial charge in [0.05, 0.1) is 17.1 Å². The first-order valence-electron chi connectivity index (χ1n) is 6.27. The average molecular weight is 317 g/mol. The number of nitrogens with zero attached hydrogens (tertiary/aromatic N) is 1. The molecule has 0 spiro atoms. The number of halogens is 1. The predicted molar refractivity (Wildman–Crippen MR) is 87.2 cm³/mol. The van der Waals surface area contributed by atoms with Crippen molar-refractivity contribution in [3.63, 3.8) is 0 Å². The predicted octanol–water partition coefficient (Wildman–Crippen LogP) is 2.43. The van der Waals surface area contributed by atoms with Crippen molar-refractivity contribution in [1.82, 2.24) is 4.98 Å². The van der Waals surface area contributed by atoms with Gasteiger partial charge in [-0.1, -0.05) is 12.1 Å². The van der Waals surface area contributed by atoms with E-state index in [0.29, 0.717) is 10.2 Å². The number of rotatable bonds is 2. The van der Waals surface area contributed by atoms with Crippen LogP contribution in [0.15, 0.2) is 30.3 Å². The number of nitrogens with one attached hydrogen (secondary N) is 1. The normalized spacial score (nSPS) is 10.8. The summed E-state index contributed by atoms with van der Waals surface area (Å²) in [6.07, 6.45) is 0. The van der Waals surface area contributed by atoms with Crippen LogP contribution in [-0.4, -0.2) is 10.9 Å². The second-order valence-electron chi connectivity index (χ2n) is 4.59. The maximum atomic E-state index is 13.6. The van der Waals surface area contributed by atoms with Gasteiger partial charge in [0.25, 0.3) is 5.91 Å². The fourth-order valence-electron chi connectivity index (χ4n) is 1.98. The first-order valence-corrected chi connectivity index (χ1v) is 7.09. The third-order valence-electron chi connectivity index (χ3n) is 3.11. The van der Waals surface area contributed by atoms with Crippen LogP contribution in [0, 0.1) is 5.82 Å². The molecule has 0 saturated heterocycles. The van der Waals surface area contributed by atoms with Crippen molar-refractivity contribution in [2.24, 2.45) is 0 Å². The number of fused-ring (bicyclic) bond motifs is 1. The standard InChI is InChI=1S/C14H12FN5OS/c15-7-3-1-2-4-9(7)19-13(21)11-10(17)6-5-8(16)12(18)20-14(6)22-11/h1-5H,16-17H2,(H2,18,20)(H,19,21). The minimum absolute atomic E-state index is 0.0799. The Morgan fingerprint density at radius 3 is 2.68 bits per heavy atom. The third-order valence-corrected chi connectivity index (χ3v) is 4.22. The number of carbonyl (C=O) groups excluding carboxylic acids is 1. The number of para-hydroxylation sites is 1. The Balaban J connectivity index is 2.01. The van der Waals surface area contributed by atoms with Crippen LogP contribution in [0.4, 0.5) is 27.3 Å². The molecule has 0 aliphatic rings. The third kappa shape index (κ3) is 2.29. The van der Waals surface area contributed by atoms with E-state index in [1.807, 2.05) is 0 Å². The van der Waals surface area contributed by atoms with Crippen LogP contribution >= 0.6 is 11.3 Å². The summed E-state index contributed by atoms with van der Waals surface area (Å²) < 4.78 is 13.6. The van der Waals surface area contributed by atoms with Crippen LogP contribution in [0.2, 0.25) is 0 Å². The molecule has 0 fully saturated rings. The molecular formula is C14H12FN5OS. The number of anilines is 4. The van der Waals surface area contributed by atoms with E-state index in [-0.39, 0.29) is 27.8 Å². The zero-order valence-corrected chi connectivity index (χ0v) is 12.1. The Hall–Kier alpha value is -2.87. The number of nitrogen functional groups attached to an aromatic ring is 3. The minimum Gasteiger partial charge on any atom is -0.397 e. The van der Waals surface area contributed by atoms with E-state index in [0.717, 1.165) is 11.3 Å². The molecule has 0 radical (unpaired) electrons.